The Bertz CT molecular complexity index is 1940. The maximum atomic E-state index is 14.0. The first kappa shape index (κ1) is 33.7. The van der Waals surface area contributed by atoms with Gasteiger partial charge in [-0.3, -0.25) is 23.9 Å². The third-order valence-electron chi connectivity index (χ3n) is 10.4. The lowest BCUT2D eigenvalue weighted by Gasteiger charge is -2.24. The maximum Gasteiger partial charge on any atom is 0.259 e. The van der Waals surface area contributed by atoms with Gasteiger partial charge in [0.15, 0.2) is 5.78 Å². The molecule has 1 heterocycles. The van der Waals surface area contributed by atoms with Gasteiger partial charge in [0, 0.05) is 23.5 Å². The van der Waals surface area contributed by atoms with Gasteiger partial charge in [-0.15, -0.1) is 6.58 Å². The van der Waals surface area contributed by atoms with Crippen molar-refractivity contribution in [2.75, 3.05) is 6.61 Å². The number of allylic oxidation sites excluding steroid dienone is 1. The van der Waals surface area contributed by atoms with E-state index in [4.69, 9.17) is 9.57 Å². The summed E-state index contributed by atoms with van der Waals surface area (Å²) in [5.41, 5.74) is 2.76. The molecule has 7 rings (SSSR count). The molecular weight excluding hydrogens is 660 g/mol. The van der Waals surface area contributed by atoms with Crippen LogP contribution in [0.15, 0.2) is 72.4 Å². The zero-order valence-electron chi connectivity index (χ0n) is 27.7. The lowest BCUT2D eigenvalue weighted by atomic mass is 9.93. The highest BCUT2D eigenvalue weighted by molar-refractivity contribution is 7.91. The van der Waals surface area contributed by atoms with Crippen LogP contribution < -0.4 is 20.1 Å². The number of hydrogen-bond donors (Lipinski definition) is 3. The lowest BCUT2D eigenvalue weighted by molar-refractivity contribution is -0.137. The molecule has 3 amide bonds. The molecule has 0 unspecified atom stereocenters. The number of benzene rings is 2. The van der Waals surface area contributed by atoms with E-state index < -0.39 is 68.4 Å². The average Bonchev–Trinajstić information content (AvgIpc) is 4.01. The molecule has 3 fully saturated rings. The van der Waals surface area contributed by atoms with Crippen LogP contribution in [0.3, 0.4) is 0 Å². The predicted molar refractivity (Wildman–Crippen MR) is 184 cm³/mol. The topological polar surface area (TPSA) is 169 Å². The van der Waals surface area contributed by atoms with Crippen molar-refractivity contribution in [3.05, 3.63) is 78.4 Å². The van der Waals surface area contributed by atoms with E-state index in [1.54, 1.807) is 6.92 Å². The number of fused-ring (bicyclic) bond motifs is 6. The molecule has 2 aromatic carbocycles. The van der Waals surface area contributed by atoms with E-state index in [1.165, 1.54) is 6.08 Å². The van der Waals surface area contributed by atoms with Crippen LogP contribution in [0.5, 0.6) is 5.75 Å². The van der Waals surface area contributed by atoms with Crippen LogP contribution in [0.25, 0.3) is 11.1 Å². The lowest BCUT2D eigenvalue weighted by Crippen LogP contribution is -2.54. The van der Waals surface area contributed by atoms with Crippen molar-refractivity contribution in [2.45, 2.75) is 74.8 Å². The van der Waals surface area contributed by atoms with Crippen LogP contribution in [0.4, 0.5) is 0 Å². The standard InChI is InChI=1S/C37H40N4O8S/c1-3-22-20-37(22,36(45)41-50(46,47)25-13-14-25)39-35(44)31-19-24-18-30(31)34(43)38-21(2)32(42)11-5-4-8-16-48-23-12-15-27-26-9-6-7-10-28(26)33(40-49-24)29(27)17-23/h3-4,6-10,12,15,17,21-22,24-25,30-31H,1,5,11,13-14,16,18-20H2,2H3,(H,38,43)(H,39,44)(H,41,45)/t21-,22-,24+,30-,31-,37-/m1/s1. The predicted octanol–water partition coefficient (Wildman–Crippen LogP) is 3.30. The van der Waals surface area contributed by atoms with E-state index in [9.17, 15) is 27.6 Å². The highest BCUT2D eigenvalue weighted by Gasteiger charge is 2.62. The third kappa shape index (κ3) is 6.46. The van der Waals surface area contributed by atoms with Gasteiger partial charge in [0.2, 0.25) is 21.8 Å². The zero-order chi connectivity index (χ0) is 35.2. The normalized spacial score (nSPS) is 29.1. The fraction of sp³-hybridized carbons (Fsp3) is 0.432. The molecule has 3 N–H and O–H groups in total. The van der Waals surface area contributed by atoms with E-state index in [0.717, 1.165) is 22.3 Å². The van der Waals surface area contributed by atoms with Crippen LogP contribution in [0, 0.1) is 17.8 Å². The number of hydrogen-bond acceptors (Lipinski definition) is 9. The van der Waals surface area contributed by atoms with Crippen LogP contribution in [0.1, 0.15) is 63.0 Å². The Morgan fingerprint density at radius 3 is 2.54 bits per heavy atom. The summed E-state index contributed by atoms with van der Waals surface area (Å²) in [5, 5.41) is 9.57. The van der Waals surface area contributed by atoms with Gasteiger partial charge in [0.05, 0.1) is 23.1 Å². The molecule has 1 aliphatic heterocycles. The molecule has 50 heavy (non-hydrogen) atoms. The molecule has 5 aliphatic rings. The van der Waals surface area contributed by atoms with E-state index in [1.807, 2.05) is 54.6 Å². The minimum Gasteiger partial charge on any atom is -0.490 e. The number of amides is 3. The second kappa shape index (κ2) is 13.2. The van der Waals surface area contributed by atoms with Gasteiger partial charge in [0.25, 0.3) is 5.91 Å². The molecule has 12 nitrogen and oxygen atoms in total. The first-order chi connectivity index (χ1) is 24.0. The van der Waals surface area contributed by atoms with Crippen molar-refractivity contribution in [3.63, 3.8) is 0 Å². The molecule has 4 bridgehead atoms. The number of nitrogens with zero attached hydrogens (tertiary/aromatic N) is 1. The molecule has 6 atom stereocenters. The third-order valence-corrected chi connectivity index (χ3v) is 12.2. The van der Waals surface area contributed by atoms with Gasteiger partial charge in [-0.25, -0.2) is 8.42 Å². The number of carbonyl (C=O) groups is 4. The Morgan fingerprint density at radius 1 is 1.04 bits per heavy atom. The molecule has 4 aliphatic carbocycles. The smallest absolute Gasteiger partial charge is 0.259 e. The minimum atomic E-state index is -3.86. The number of rotatable bonds is 6. The van der Waals surface area contributed by atoms with Gasteiger partial charge in [-0.2, -0.15) is 0 Å². The van der Waals surface area contributed by atoms with E-state index >= 15 is 0 Å². The molecule has 2 aromatic rings. The Balaban J connectivity index is 1.18. The van der Waals surface area contributed by atoms with Crippen molar-refractivity contribution in [2.24, 2.45) is 22.9 Å². The molecule has 0 aromatic heterocycles. The van der Waals surface area contributed by atoms with E-state index in [-0.39, 0.29) is 31.5 Å². The summed E-state index contributed by atoms with van der Waals surface area (Å²) in [6, 6.07) is 12.8. The van der Waals surface area contributed by atoms with Gasteiger partial charge >= 0.3 is 0 Å². The van der Waals surface area contributed by atoms with Gasteiger partial charge in [0.1, 0.15) is 29.7 Å². The fourth-order valence-electron chi connectivity index (χ4n) is 7.20. The van der Waals surface area contributed by atoms with E-state index in [2.05, 4.69) is 27.1 Å². The van der Waals surface area contributed by atoms with Crippen molar-refractivity contribution in [3.8, 4) is 16.9 Å². The highest BCUT2D eigenvalue weighted by Crippen LogP contribution is 2.46. The summed E-state index contributed by atoms with van der Waals surface area (Å²) in [4.78, 5) is 60.2. The van der Waals surface area contributed by atoms with Crippen LogP contribution in [0.2, 0.25) is 0 Å². The van der Waals surface area contributed by atoms with Crippen molar-refractivity contribution in [1.29, 1.82) is 0 Å². The van der Waals surface area contributed by atoms with E-state index in [0.29, 0.717) is 37.3 Å². The summed E-state index contributed by atoms with van der Waals surface area (Å²) in [5.74, 6) is -3.75. The number of Topliss-reactive ketones (excluding diaryl/α,β-unsaturated/α-hetero) is 1. The zero-order valence-corrected chi connectivity index (χ0v) is 28.5. The second-order valence-electron chi connectivity index (χ2n) is 13.8. The molecule has 3 saturated carbocycles. The van der Waals surface area contributed by atoms with Crippen molar-refractivity contribution >= 4 is 39.2 Å². The Morgan fingerprint density at radius 2 is 1.80 bits per heavy atom. The van der Waals surface area contributed by atoms with Gasteiger partial charge in [-0.05, 0) is 74.8 Å². The van der Waals surface area contributed by atoms with Crippen molar-refractivity contribution < 1.29 is 37.2 Å². The monoisotopic (exact) mass is 700 g/mol. The van der Waals surface area contributed by atoms with Crippen LogP contribution >= 0.6 is 0 Å². The maximum absolute atomic E-state index is 14.0. The van der Waals surface area contributed by atoms with Crippen LogP contribution in [-0.4, -0.2) is 67.2 Å². The minimum absolute atomic E-state index is 0.0995. The number of oxime groups is 1. The fourth-order valence-corrected chi connectivity index (χ4v) is 8.56. The molecule has 0 spiro atoms. The summed E-state index contributed by atoms with van der Waals surface area (Å²) in [6.07, 6.45) is 6.59. The summed E-state index contributed by atoms with van der Waals surface area (Å²) >= 11 is 0. The van der Waals surface area contributed by atoms with Crippen LogP contribution in [-0.2, 0) is 34.0 Å². The molecule has 0 radical (unpaired) electrons. The Labute approximate surface area is 290 Å². The summed E-state index contributed by atoms with van der Waals surface area (Å²) in [7, 11) is -3.86. The Hall–Kier alpha value is -4.78. The number of ketones is 1. The van der Waals surface area contributed by atoms with Gasteiger partial charge in [-0.1, -0.05) is 47.6 Å². The largest absolute Gasteiger partial charge is 0.490 e. The SMILES string of the molecule is C=C[C@@H]1C[C@]1(NC(=O)[C@@H]1C[C@@H]2C[C@H]1C(=O)N[C@H](C)C(=O)CCC=CCOc1ccc3c(c1)C(=NO2)c1ccccc1-3)C(=O)NS(=O)(=O)C1CC1. The summed E-state index contributed by atoms with van der Waals surface area (Å²) < 4.78 is 33.3. The number of nitrogens with one attached hydrogen (secondary N) is 3. The Kier molecular flexibility index (Phi) is 8.87. The first-order valence-corrected chi connectivity index (χ1v) is 18.6. The van der Waals surface area contributed by atoms with Gasteiger partial charge < -0.3 is 20.2 Å². The number of sulfonamides is 1. The highest BCUT2D eigenvalue weighted by atomic mass is 32.2. The molecule has 13 heteroatoms. The number of ether oxygens (including phenoxy) is 1. The first-order valence-electron chi connectivity index (χ1n) is 17.1. The second-order valence-corrected chi connectivity index (χ2v) is 15.8. The molecule has 262 valence electrons. The number of carbonyl (C=O) groups excluding carboxylic acids is 4. The average molecular weight is 701 g/mol. The molecule has 0 saturated heterocycles. The quantitative estimate of drug-likeness (QED) is 0.329. The van der Waals surface area contributed by atoms with Crippen molar-refractivity contribution in [1.82, 2.24) is 15.4 Å². The summed E-state index contributed by atoms with van der Waals surface area (Å²) in [6.45, 7) is 5.69. The molecular formula is C37H40N4O8S.